The minimum atomic E-state index is -4.41. The highest BCUT2D eigenvalue weighted by atomic mass is 19.4. The van der Waals surface area contributed by atoms with Gasteiger partial charge in [-0.05, 0) is 18.6 Å². The van der Waals surface area contributed by atoms with Crippen LogP contribution in [0.25, 0.3) is 0 Å². The number of nitrogen functional groups attached to an aromatic ring is 1. The van der Waals surface area contributed by atoms with Crippen LogP contribution in [0.4, 0.5) is 24.8 Å². The van der Waals surface area contributed by atoms with Gasteiger partial charge in [0.1, 0.15) is 11.6 Å². The van der Waals surface area contributed by atoms with Crippen molar-refractivity contribution < 1.29 is 13.2 Å². The number of hydrogen-bond acceptors (Lipinski definition) is 4. The lowest BCUT2D eigenvalue weighted by atomic mass is 10.2. The van der Waals surface area contributed by atoms with E-state index in [-0.39, 0.29) is 11.6 Å². The molecule has 0 spiro atoms. The van der Waals surface area contributed by atoms with E-state index in [4.69, 9.17) is 5.84 Å². The normalized spacial score (nSPS) is 11.4. The third kappa shape index (κ3) is 5.34. The van der Waals surface area contributed by atoms with Crippen molar-refractivity contribution in [2.75, 3.05) is 17.3 Å². The van der Waals surface area contributed by atoms with Crippen LogP contribution in [0.2, 0.25) is 0 Å². The number of anilines is 2. The van der Waals surface area contributed by atoms with Crippen LogP contribution in [0.1, 0.15) is 38.2 Å². The fourth-order valence-corrected chi connectivity index (χ4v) is 1.63. The first-order valence-electron chi connectivity index (χ1n) is 6.27. The standard InChI is InChI=1S/C12H19F3N4/c1-2-3-4-5-6-17-10-7-9(12(13,14)15)8-11(18-10)19-16/h7-8H,2-6,16H2,1H3,(H2,17,18,19). The Balaban J connectivity index is 2.67. The zero-order valence-electron chi connectivity index (χ0n) is 10.8. The zero-order valence-corrected chi connectivity index (χ0v) is 10.8. The predicted molar refractivity (Wildman–Crippen MR) is 69.7 cm³/mol. The molecule has 0 radical (unpaired) electrons. The number of nitrogens with two attached hydrogens (primary N) is 1. The molecule has 4 nitrogen and oxygen atoms in total. The molecule has 0 bridgehead atoms. The molecule has 108 valence electrons. The molecule has 1 heterocycles. The van der Waals surface area contributed by atoms with Crippen LogP contribution in [0.5, 0.6) is 0 Å². The maximum atomic E-state index is 12.6. The van der Waals surface area contributed by atoms with Crippen molar-refractivity contribution in [3.05, 3.63) is 17.7 Å². The van der Waals surface area contributed by atoms with Gasteiger partial charge in [-0.1, -0.05) is 26.2 Å². The molecule has 0 atom stereocenters. The van der Waals surface area contributed by atoms with Gasteiger partial charge in [0, 0.05) is 6.54 Å². The summed E-state index contributed by atoms with van der Waals surface area (Å²) in [5.74, 6) is 5.29. The average Bonchev–Trinajstić information content (AvgIpc) is 2.37. The van der Waals surface area contributed by atoms with E-state index in [1.54, 1.807) is 0 Å². The van der Waals surface area contributed by atoms with E-state index in [1.165, 1.54) is 0 Å². The van der Waals surface area contributed by atoms with E-state index in [0.29, 0.717) is 6.54 Å². The second kappa shape index (κ2) is 7.18. The van der Waals surface area contributed by atoms with E-state index >= 15 is 0 Å². The molecule has 0 fully saturated rings. The predicted octanol–water partition coefficient (Wildman–Crippen LogP) is 3.38. The van der Waals surface area contributed by atoms with Gasteiger partial charge in [-0.25, -0.2) is 10.8 Å². The van der Waals surface area contributed by atoms with Crippen LogP contribution < -0.4 is 16.6 Å². The van der Waals surface area contributed by atoms with Crippen LogP contribution in [0.15, 0.2) is 12.1 Å². The van der Waals surface area contributed by atoms with Gasteiger partial charge in [0.2, 0.25) is 0 Å². The summed E-state index contributed by atoms with van der Waals surface area (Å²) in [5.41, 5.74) is 1.37. The maximum Gasteiger partial charge on any atom is 0.416 e. The van der Waals surface area contributed by atoms with Gasteiger partial charge in [0.25, 0.3) is 0 Å². The van der Waals surface area contributed by atoms with Crippen LogP contribution in [0.3, 0.4) is 0 Å². The molecule has 0 aliphatic heterocycles. The minimum Gasteiger partial charge on any atom is -0.370 e. The van der Waals surface area contributed by atoms with Crippen LogP contribution in [-0.4, -0.2) is 11.5 Å². The highest BCUT2D eigenvalue weighted by Gasteiger charge is 2.31. The number of aromatic nitrogens is 1. The summed E-state index contributed by atoms with van der Waals surface area (Å²) >= 11 is 0. The number of hydrazine groups is 1. The summed E-state index contributed by atoms with van der Waals surface area (Å²) in [7, 11) is 0. The topological polar surface area (TPSA) is 63.0 Å². The quantitative estimate of drug-likeness (QED) is 0.406. The van der Waals surface area contributed by atoms with E-state index in [1.807, 2.05) is 0 Å². The van der Waals surface area contributed by atoms with Crippen molar-refractivity contribution in [3.63, 3.8) is 0 Å². The van der Waals surface area contributed by atoms with Crippen molar-refractivity contribution in [1.29, 1.82) is 0 Å². The number of pyridine rings is 1. The van der Waals surface area contributed by atoms with Gasteiger partial charge in [-0.2, -0.15) is 13.2 Å². The Bertz CT molecular complexity index is 393. The number of nitrogens with one attached hydrogen (secondary N) is 2. The van der Waals surface area contributed by atoms with Crippen LogP contribution in [-0.2, 0) is 6.18 Å². The zero-order chi connectivity index (χ0) is 14.3. The molecule has 0 aliphatic carbocycles. The van der Waals surface area contributed by atoms with Crippen molar-refractivity contribution in [3.8, 4) is 0 Å². The monoisotopic (exact) mass is 276 g/mol. The molecular formula is C12H19F3N4. The third-order valence-electron chi connectivity index (χ3n) is 2.64. The largest absolute Gasteiger partial charge is 0.416 e. The van der Waals surface area contributed by atoms with Gasteiger partial charge in [-0.15, -0.1) is 0 Å². The number of alkyl halides is 3. The van der Waals surface area contributed by atoms with E-state index in [0.717, 1.165) is 37.8 Å². The van der Waals surface area contributed by atoms with E-state index < -0.39 is 11.7 Å². The molecule has 1 rings (SSSR count). The lowest BCUT2D eigenvalue weighted by Gasteiger charge is -2.12. The second-order valence-corrected chi connectivity index (χ2v) is 4.26. The van der Waals surface area contributed by atoms with Gasteiger partial charge in [0.05, 0.1) is 5.56 Å². The lowest BCUT2D eigenvalue weighted by molar-refractivity contribution is -0.137. The Morgan fingerprint density at radius 3 is 2.42 bits per heavy atom. The van der Waals surface area contributed by atoms with Gasteiger partial charge in [0.15, 0.2) is 0 Å². The summed E-state index contributed by atoms with van der Waals surface area (Å²) in [6.07, 6.45) is -0.231. The summed E-state index contributed by atoms with van der Waals surface area (Å²) in [4.78, 5) is 3.94. The smallest absolute Gasteiger partial charge is 0.370 e. The van der Waals surface area contributed by atoms with Crippen molar-refractivity contribution in [1.82, 2.24) is 4.98 Å². The third-order valence-corrected chi connectivity index (χ3v) is 2.64. The average molecular weight is 276 g/mol. The molecule has 1 aromatic rings. The first kappa shape index (κ1) is 15.6. The molecule has 4 N–H and O–H groups in total. The number of rotatable bonds is 7. The van der Waals surface area contributed by atoms with Crippen molar-refractivity contribution in [2.45, 2.75) is 38.8 Å². The Labute approximate surface area is 110 Å². The summed E-state index contributed by atoms with van der Waals surface area (Å²) < 4.78 is 37.9. The summed E-state index contributed by atoms with van der Waals surface area (Å²) in [6.45, 7) is 2.69. The second-order valence-electron chi connectivity index (χ2n) is 4.26. The summed E-state index contributed by atoms with van der Waals surface area (Å²) in [5, 5.41) is 2.88. The summed E-state index contributed by atoms with van der Waals surface area (Å²) in [6, 6.07) is 1.86. The molecule has 19 heavy (non-hydrogen) atoms. The van der Waals surface area contributed by atoms with Crippen LogP contribution in [0, 0.1) is 0 Å². The van der Waals surface area contributed by atoms with E-state index in [2.05, 4.69) is 22.7 Å². The highest BCUT2D eigenvalue weighted by Crippen LogP contribution is 2.31. The highest BCUT2D eigenvalue weighted by molar-refractivity contribution is 5.49. The lowest BCUT2D eigenvalue weighted by Crippen LogP contribution is -2.14. The van der Waals surface area contributed by atoms with E-state index in [9.17, 15) is 13.2 Å². The molecule has 0 aromatic carbocycles. The molecule has 0 amide bonds. The van der Waals surface area contributed by atoms with Gasteiger partial charge < -0.3 is 10.7 Å². The SMILES string of the molecule is CCCCCCNc1cc(C(F)(F)F)cc(NN)n1. The Morgan fingerprint density at radius 1 is 1.16 bits per heavy atom. The fraction of sp³-hybridized carbons (Fsp3) is 0.583. The molecule has 7 heteroatoms. The van der Waals surface area contributed by atoms with Gasteiger partial charge in [-0.3, -0.25) is 0 Å². The molecule has 1 aromatic heterocycles. The minimum absolute atomic E-state index is 0.00844. The Morgan fingerprint density at radius 2 is 1.84 bits per heavy atom. The molecule has 0 saturated heterocycles. The molecular weight excluding hydrogens is 257 g/mol. The number of hydrogen-bond donors (Lipinski definition) is 3. The van der Waals surface area contributed by atoms with Crippen LogP contribution >= 0.6 is 0 Å². The number of halogens is 3. The molecule has 0 saturated carbocycles. The molecule has 0 unspecified atom stereocenters. The van der Waals surface area contributed by atoms with Crippen molar-refractivity contribution >= 4 is 11.6 Å². The Kier molecular flexibility index (Phi) is 5.88. The number of unbranched alkanes of at least 4 members (excludes halogenated alkanes) is 3. The van der Waals surface area contributed by atoms with Gasteiger partial charge >= 0.3 is 6.18 Å². The Hall–Kier alpha value is -1.50. The fourth-order valence-electron chi connectivity index (χ4n) is 1.63. The first-order valence-corrected chi connectivity index (χ1v) is 6.27. The first-order chi connectivity index (χ1) is 8.97. The maximum absolute atomic E-state index is 12.6. The number of nitrogens with zero attached hydrogens (tertiary/aromatic N) is 1. The molecule has 0 aliphatic rings. The van der Waals surface area contributed by atoms with Crippen molar-refractivity contribution in [2.24, 2.45) is 5.84 Å².